The first-order valence-electron chi connectivity index (χ1n) is 11.1. The first-order chi connectivity index (χ1) is 15.9. The topological polar surface area (TPSA) is 111 Å². The number of urea groups is 2. The van der Waals surface area contributed by atoms with Crippen LogP contribution in [0.2, 0.25) is 5.02 Å². The van der Waals surface area contributed by atoms with Crippen LogP contribution in [-0.2, 0) is 12.8 Å². The van der Waals surface area contributed by atoms with Gasteiger partial charge in [0.2, 0.25) is 0 Å². The third-order valence-electron chi connectivity index (χ3n) is 6.16. The highest BCUT2D eigenvalue weighted by molar-refractivity contribution is 7.17. The molecule has 2 aliphatic rings. The minimum absolute atomic E-state index is 0.149. The first kappa shape index (κ1) is 23.4. The number of benzene rings is 1. The van der Waals surface area contributed by atoms with Crippen molar-refractivity contribution in [2.24, 2.45) is 5.92 Å². The minimum atomic E-state index is -0.992. The van der Waals surface area contributed by atoms with Gasteiger partial charge in [0, 0.05) is 35.2 Å². The third-order valence-corrected chi connectivity index (χ3v) is 7.62. The molecule has 4 amide bonds. The molecular weight excluding hydrogens is 464 g/mol. The molecule has 0 bridgehead atoms. The van der Waals surface area contributed by atoms with Crippen molar-refractivity contribution in [2.45, 2.75) is 38.5 Å². The number of carboxylic acids is 1. The highest BCUT2D eigenvalue weighted by Gasteiger charge is 2.27. The van der Waals surface area contributed by atoms with E-state index in [-0.39, 0.29) is 23.5 Å². The predicted octanol–water partition coefficient (Wildman–Crippen LogP) is 5.04. The minimum Gasteiger partial charge on any atom is -0.478 e. The highest BCUT2D eigenvalue weighted by atomic mass is 35.5. The van der Waals surface area contributed by atoms with E-state index in [9.17, 15) is 19.5 Å². The Labute approximate surface area is 201 Å². The second-order valence-corrected chi connectivity index (χ2v) is 9.96. The SMILES string of the molecule is O=C(NCC1CCN(C(=O)Nc2ccc(Cl)cc2)CC1)Nc1sc2c(c1C(=O)O)CCCC2. The molecule has 10 heteroatoms. The maximum absolute atomic E-state index is 12.5. The number of fused-ring (bicyclic) bond motifs is 1. The molecule has 0 unspecified atom stereocenters. The number of halogens is 1. The summed E-state index contributed by atoms with van der Waals surface area (Å²) in [4.78, 5) is 39.5. The molecule has 8 nitrogen and oxygen atoms in total. The van der Waals surface area contributed by atoms with Gasteiger partial charge in [0.1, 0.15) is 5.00 Å². The van der Waals surface area contributed by atoms with Crippen LogP contribution in [0.3, 0.4) is 0 Å². The number of carboxylic acid groups (broad SMARTS) is 1. The number of likely N-dealkylation sites (tertiary alicyclic amines) is 1. The van der Waals surface area contributed by atoms with Crippen LogP contribution in [0.1, 0.15) is 46.5 Å². The Balaban J connectivity index is 1.23. The average Bonchev–Trinajstić information content (AvgIpc) is 3.17. The van der Waals surface area contributed by atoms with E-state index in [0.29, 0.717) is 35.3 Å². The number of carbonyl (C=O) groups is 3. The fourth-order valence-electron chi connectivity index (χ4n) is 4.34. The molecule has 1 saturated heterocycles. The number of aromatic carboxylic acids is 1. The molecular formula is C23H27ClN4O4S. The Morgan fingerprint density at radius 1 is 1.06 bits per heavy atom. The predicted molar refractivity (Wildman–Crippen MR) is 130 cm³/mol. The van der Waals surface area contributed by atoms with Crippen molar-refractivity contribution < 1.29 is 19.5 Å². The molecule has 0 saturated carbocycles. The fraction of sp³-hybridized carbons (Fsp3) is 0.435. The number of nitrogens with zero attached hydrogens (tertiary/aromatic N) is 1. The molecule has 0 radical (unpaired) electrons. The molecule has 1 aromatic heterocycles. The fourth-order valence-corrected chi connectivity index (χ4v) is 5.74. The van der Waals surface area contributed by atoms with Crippen LogP contribution in [0, 0.1) is 5.92 Å². The Morgan fingerprint density at radius 3 is 2.45 bits per heavy atom. The summed E-state index contributed by atoms with van der Waals surface area (Å²) in [6.07, 6.45) is 5.21. The average molecular weight is 491 g/mol. The molecule has 33 heavy (non-hydrogen) atoms. The number of carbonyl (C=O) groups excluding carboxylic acids is 2. The summed E-state index contributed by atoms with van der Waals surface area (Å²) >= 11 is 7.25. The van der Waals surface area contributed by atoms with Gasteiger partial charge in [-0.3, -0.25) is 5.32 Å². The number of rotatable bonds is 5. The number of hydrogen-bond acceptors (Lipinski definition) is 4. The van der Waals surface area contributed by atoms with Crippen LogP contribution in [0.5, 0.6) is 0 Å². The molecule has 2 heterocycles. The van der Waals surface area contributed by atoms with Crippen LogP contribution in [0.15, 0.2) is 24.3 Å². The van der Waals surface area contributed by atoms with E-state index in [1.807, 2.05) is 0 Å². The Morgan fingerprint density at radius 2 is 1.76 bits per heavy atom. The number of amides is 4. The number of aryl methyl sites for hydroxylation is 1. The molecule has 4 N–H and O–H groups in total. The van der Waals surface area contributed by atoms with Gasteiger partial charge in [-0.15, -0.1) is 11.3 Å². The van der Waals surface area contributed by atoms with Gasteiger partial charge in [-0.25, -0.2) is 14.4 Å². The maximum atomic E-state index is 12.5. The summed E-state index contributed by atoms with van der Waals surface area (Å²) < 4.78 is 0. The molecule has 2 aromatic rings. The van der Waals surface area contributed by atoms with Crippen LogP contribution < -0.4 is 16.0 Å². The summed E-state index contributed by atoms with van der Waals surface area (Å²) in [6.45, 7) is 1.69. The van der Waals surface area contributed by atoms with E-state index < -0.39 is 5.97 Å². The van der Waals surface area contributed by atoms with E-state index in [4.69, 9.17) is 11.6 Å². The molecule has 1 aliphatic carbocycles. The Hall–Kier alpha value is -2.78. The number of thiophene rings is 1. The summed E-state index contributed by atoms with van der Waals surface area (Å²) in [6, 6.07) is 6.43. The van der Waals surface area contributed by atoms with E-state index >= 15 is 0 Å². The lowest BCUT2D eigenvalue weighted by atomic mass is 9.95. The van der Waals surface area contributed by atoms with E-state index in [1.165, 1.54) is 11.3 Å². The number of piperidine rings is 1. The van der Waals surface area contributed by atoms with Crippen molar-refractivity contribution in [2.75, 3.05) is 30.3 Å². The van der Waals surface area contributed by atoms with Crippen LogP contribution >= 0.6 is 22.9 Å². The molecule has 176 valence electrons. The maximum Gasteiger partial charge on any atom is 0.339 e. The largest absolute Gasteiger partial charge is 0.478 e. The van der Waals surface area contributed by atoms with Gasteiger partial charge in [0.15, 0.2) is 0 Å². The van der Waals surface area contributed by atoms with Crippen molar-refractivity contribution >= 4 is 51.7 Å². The first-order valence-corrected chi connectivity index (χ1v) is 12.3. The monoisotopic (exact) mass is 490 g/mol. The van der Waals surface area contributed by atoms with Gasteiger partial charge >= 0.3 is 18.0 Å². The van der Waals surface area contributed by atoms with Crippen LogP contribution in [0.4, 0.5) is 20.3 Å². The quantitative estimate of drug-likeness (QED) is 0.470. The third kappa shape index (κ3) is 5.78. The Kier molecular flexibility index (Phi) is 7.39. The smallest absolute Gasteiger partial charge is 0.339 e. The summed E-state index contributed by atoms with van der Waals surface area (Å²) in [5.74, 6) is -0.736. The normalized spacial score (nSPS) is 16.1. The van der Waals surface area contributed by atoms with E-state index in [1.54, 1.807) is 29.2 Å². The Bertz CT molecular complexity index is 1030. The van der Waals surface area contributed by atoms with Gasteiger partial charge in [0.05, 0.1) is 5.56 Å². The van der Waals surface area contributed by atoms with Gasteiger partial charge in [-0.05, 0) is 74.3 Å². The molecule has 1 aromatic carbocycles. The van der Waals surface area contributed by atoms with Gasteiger partial charge in [-0.2, -0.15) is 0 Å². The van der Waals surface area contributed by atoms with Gasteiger partial charge in [-0.1, -0.05) is 11.6 Å². The van der Waals surface area contributed by atoms with E-state index in [2.05, 4.69) is 16.0 Å². The molecule has 0 atom stereocenters. The zero-order valence-electron chi connectivity index (χ0n) is 18.2. The lowest BCUT2D eigenvalue weighted by molar-refractivity contribution is 0.0697. The summed E-state index contributed by atoms with van der Waals surface area (Å²) in [5.41, 5.74) is 1.81. The van der Waals surface area contributed by atoms with Crippen molar-refractivity contribution in [1.82, 2.24) is 10.2 Å². The van der Waals surface area contributed by atoms with Crippen LogP contribution in [0.25, 0.3) is 0 Å². The summed E-state index contributed by atoms with van der Waals surface area (Å²) in [5, 5.41) is 19.1. The number of nitrogens with one attached hydrogen (secondary N) is 3. The highest BCUT2D eigenvalue weighted by Crippen LogP contribution is 2.38. The standard InChI is InChI=1S/C23H27ClN4O4S/c24-15-5-7-16(8-6-15)26-23(32)28-11-9-14(10-12-28)13-25-22(31)27-20-19(21(29)30)17-3-1-2-4-18(17)33-20/h5-8,14H,1-4,9-13H2,(H,26,32)(H,29,30)(H2,25,27,31). The lowest BCUT2D eigenvalue weighted by Crippen LogP contribution is -2.43. The molecule has 1 fully saturated rings. The zero-order valence-corrected chi connectivity index (χ0v) is 19.7. The van der Waals surface area contributed by atoms with Crippen LogP contribution in [-0.4, -0.2) is 47.7 Å². The molecule has 0 spiro atoms. The van der Waals surface area contributed by atoms with E-state index in [0.717, 1.165) is 49.0 Å². The van der Waals surface area contributed by atoms with Gasteiger partial charge in [0.25, 0.3) is 0 Å². The summed E-state index contributed by atoms with van der Waals surface area (Å²) in [7, 11) is 0. The molecule has 4 rings (SSSR count). The van der Waals surface area contributed by atoms with Crippen molar-refractivity contribution in [3.05, 3.63) is 45.3 Å². The van der Waals surface area contributed by atoms with Crippen molar-refractivity contribution in [3.63, 3.8) is 0 Å². The van der Waals surface area contributed by atoms with Crippen molar-refractivity contribution in [3.8, 4) is 0 Å². The second-order valence-electron chi connectivity index (χ2n) is 8.42. The lowest BCUT2D eigenvalue weighted by Gasteiger charge is -2.32. The van der Waals surface area contributed by atoms with Crippen molar-refractivity contribution in [1.29, 1.82) is 0 Å². The number of anilines is 2. The number of hydrogen-bond donors (Lipinski definition) is 4. The van der Waals surface area contributed by atoms with Gasteiger partial charge < -0.3 is 20.6 Å². The molecule has 1 aliphatic heterocycles. The zero-order chi connectivity index (χ0) is 23.4. The second kappa shape index (κ2) is 10.4.